The molecular formula is C17H18F4IN3O2. The van der Waals surface area contributed by atoms with E-state index in [9.17, 15) is 17.6 Å². The van der Waals surface area contributed by atoms with Gasteiger partial charge in [0.2, 0.25) is 0 Å². The molecule has 5 nitrogen and oxygen atoms in total. The van der Waals surface area contributed by atoms with Gasteiger partial charge in [0.1, 0.15) is 23.9 Å². The maximum Gasteiger partial charge on any atom is 0.573 e. The van der Waals surface area contributed by atoms with E-state index in [1.165, 1.54) is 36.4 Å². The van der Waals surface area contributed by atoms with Gasteiger partial charge in [-0.05, 0) is 29.8 Å². The van der Waals surface area contributed by atoms with Crippen LogP contribution in [0.2, 0.25) is 0 Å². The standard InChI is InChI=1S/C17H17F4N3O2.HI/c18-13-2-1-3-15(10-13)25-9-8-23-16(22)24-11-12-4-6-14(7-5-12)26-17(19,20)21;/h1-7,10H,8-9,11H2,(H3,22,23,24);1H. The van der Waals surface area contributed by atoms with Crippen molar-refractivity contribution in [2.45, 2.75) is 12.9 Å². The van der Waals surface area contributed by atoms with Gasteiger partial charge in [0.05, 0.1) is 13.1 Å². The van der Waals surface area contributed by atoms with Gasteiger partial charge in [0.25, 0.3) is 0 Å². The summed E-state index contributed by atoms with van der Waals surface area (Å²) >= 11 is 0. The molecule has 0 aliphatic carbocycles. The molecule has 0 radical (unpaired) electrons. The Hall–Kier alpha value is -2.24. The molecule has 2 aromatic rings. The van der Waals surface area contributed by atoms with Crippen LogP contribution >= 0.6 is 24.0 Å². The molecule has 0 amide bonds. The molecule has 0 heterocycles. The molecule has 2 aromatic carbocycles. The van der Waals surface area contributed by atoms with E-state index in [-0.39, 0.29) is 54.7 Å². The predicted molar refractivity (Wildman–Crippen MR) is 104 cm³/mol. The molecule has 0 saturated carbocycles. The fraction of sp³-hybridized carbons (Fsp3) is 0.235. The van der Waals surface area contributed by atoms with Crippen molar-refractivity contribution in [1.29, 1.82) is 0 Å². The number of benzene rings is 2. The molecule has 0 aliphatic heterocycles. The zero-order valence-corrected chi connectivity index (χ0v) is 16.3. The zero-order valence-electron chi connectivity index (χ0n) is 14.0. The molecular weight excluding hydrogens is 481 g/mol. The second kappa shape index (κ2) is 10.8. The summed E-state index contributed by atoms with van der Waals surface area (Å²) in [6, 6.07) is 11.1. The second-order valence-corrected chi connectivity index (χ2v) is 5.13. The van der Waals surface area contributed by atoms with Gasteiger partial charge in [-0.1, -0.05) is 18.2 Å². The SMILES string of the molecule is I.NC(=NCc1ccc(OC(F)(F)F)cc1)NCCOc1cccc(F)c1. The van der Waals surface area contributed by atoms with Crippen molar-refractivity contribution >= 4 is 29.9 Å². The summed E-state index contributed by atoms with van der Waals surface area (Å²) in [6.45, 7) is 0.795. The number of nitrogens with one attached hydrogen (secondary N) is 1. The topological polar surface area (TPSA) is 68.9 Å². The minimum Gasteiger partial charge on any atom is -0.492 e. The van der Waals surface area contributed by atoms with Crippen LogP contribution in [-0.4, -0.2) is 25.5 Å². The van der Waals surface area contributed by atoms with E-state index in [0.29, 0.717) is 17.9 Å². The van der Waals surface area contributed by atoms with Crippen LogP contribution in [-0.2, 0) is 6.54 Å². The van der Waals surface area contributed by atoms with Crippen LogP contribution in [0.1, 0.15) is 5.56 Å². The molecule has 0 fully saturated rings. The van der Waals surface area contributed by atoms with E-state index in [1.807, 2.05) is 0 Å². The minimum atomic E-state index is -4.72. The maximum atomic E-state index is 13.0. The Bertz CT molecular complexity index is 740. The predicted octanol–water partition coefficient (Wildman–Crippen LogP) is 3.83. The lowest BCUT2D eigenvalue weighted by Crippen LogP contribution is -2.34. The highest BCUT2D eigenvalue weighted by Gasteiger charge is 2.30. The summed E-state index contributed by atoms with van der Waals surface area (Å²) in [5, 5.41) is 2.82. The lowest BCUT2D eigenvalue weighted by atomic mass is 10.2. The van der Waals surface area contributed by atoms with E-state index in [0.717, 1.165) is 0 Å². The summed E-state index contributed by atoms with van der Waals surface area (Å²) in [6.07, 6.45) is -4.72. The monoisotopic (exact) mass is 499 g/mol. The molecule has 0 spiro atoms. The van der Waals surface area contributed by atoms with Crippen LogP contribution in [0, 0.1) is 5.82 Å². The molecule has 27 heavy (non-hydrogen) atoms. The van der Waals surface area contributed by atoms with Crippen LogP contribution in [0.4, 0.5) is 17.6 Å². The third-order valence-corrected chi connectivity index (χ3v) is 3.06. The Morgan fingerprint density at radius 3 is 2.41 bits per heavy atom. The first-order chi connectivity index (χ1) is 12.3. The Kier molecular flexibility index (Phi) is 9.12. The van der Waals surface area contributed by atoms with Crippen molar-refractivity contribution in [2.75, 3.05) is 13.2 Å². The maximum absolute atomic E-state index is 13.0. The Morgan fingerprint density at radius 2 is 1.78 bits per heavy atom. The number of guanidine groups is 1. The third kappa shape index (κ3) is 9.31. The van der Waals surface area contributed by atoms with Crippen molar-refractivity contribution < 1.29 is 27.0 Å². The Morgan fingerprint density at radius 1 is 1.07 bits per heavy atom. The number of rotatable bonds is 7. The van der Waals surface area contributed by atoms with Crippen LogP contribution in [0.5, 0.6) is 11.5 Å². The molecule has 3 N–H and O–H groups in total. The van der Waals surface area contributed by atoms with Crippen molar-refractivity contribution in [3.63, 3.8) is 0 Å². The van der Waals surface area contributed by atoms with Gasteiger partial charge in [-0.15, -0.1) is 37.1 Å². The van der Waals surface area contributed by atoms with E-state index in [1.54, 1.807) is 12.1 Å². The average molecular weight is 499 g/mol. The Labute approximate surface area is 170 Å². The average Bonchev–Trinajstić information content (AvgIpc) is 2.57. The van der Waals surface area contributed by atoms with Crippen LogP contribution in [0.3, 0.4) is 0 Å². The molecule has 0 aromatic heterocycles. The minimum absolute atomic E-state index is 0. The highest BCUT2D eigenvalue weighted by molar-refractivity contribution is 14.0. The fourth-order valence-corrected chi connectivity index (χ4v) is 1.93. The highest BCUT2D eigenvalue weighted by atomic mass is 127. The second-order valence-electron chi connectivity index (χ2n) is 5.13. The number of hydrogen-bond donors (Lipinski definition) is 2. The molecule has 0 aliphatic rings. The van der Waals surface area contributed by atoms with Gasteiger partial charge >= 0.3 is 6.36 Å². The van der Waals surface area contributed by atoms with Gasteiger partial charge < -0.3 is 20.5 Å². The molecule has 0 saturated heterocycles. The first kappa shape index (κ1) is 22.8. The van der Waals surface area contributed by atoms with Crippen LogP contribution in [0.15, 0.2) is 53.5 Å². The number of nitrogens with zero attached hydrogens (tertiary/aromatic N) is 1. The van der Waals surface area contributed by atoms with Crippen LogP contribution in [0.25, 0.3) is 0 Å². The molecule has 0 atom stereocenters. The number of ether oxygens (including phenoxy) is 2. The molecule has 2 rings (SSSR count). The molecule has 148 valence electrons. The summed E-state index contributed by atoms with van der Waals surface area (Å²) in [5.41, 5.74) is 6.36. The van der Waals surface area contributed by atoms with Gasteiger partial charge in [0, 0.05) is 6.07 Å². The summed E-state index contributed by atoms with van der Waals surface area (Å²) < 4.78 is 58.3. The number of halogens is 5. The number of hydrogen-bond acceptors (Lipinski definition) is 3. The van der Waals surface area contributed by atoms with Gasteiger partial charge in [0.15, 0.2) is 5.96 Å². The van der Waals surface area contributed by atoms with E-state index < -0.39 is 6.36 Å². The smallest absolute Gasteiger partial charge is 0.492 e. The Balaban J connectivity index is 0.00000364. The van der Waals surface area contributed by atoms with Gasteiger partial charge in [-0.2, -0.15) is 0 Å². The quantitative estimate of drug-likeness (QED) is 0.200. The number of aliphatic imine (C=N–C) groups is 1. The lowest BCUT2D eigenvalue weighted by Gasteiger charge is -2.09. The zero-order chi connectivity index (χ0) is 19.0. The van der Waals surface area contributed by atoms with Gasteiger partial charge in [-0.25, -0.2) is 9.38 Å². The molecule has 0 unspecified atom stereocenters. The van der Waals surface area contributed by atoms with Crippen molar-refractivity contribution in [2.24, 2.45) is 10.7 Å². The van der Waals surface area contributed by atoms with Crippen molar-refractivity contribution in [3.8, 4) is 11.5 Å². The first-order valence-corrected chi connectivity index (χ1v) is 7.59. The summed E-state index contributed by atoms with van der Waals surface area (Å²) in [7, 11) is 0. The third-order valence-electron chi connectivity index (χ3n) is 3.06. The van der Waals surface area contributed by atoms with Crippen LogP contribution < -0.4 is 20.5 Å². The largest absolute Gasteiger partial charge is 0.573 e. The number of alkyl halides is 3. The molecule has 10 heteroatoms. The lowest BCUT2D eigenvalue weighted by molar-refractivity contribution is -0.274. The van der Waals surface area contributed by atoms with E-state index >= 15 is 0 Å². The summed E-state index contributed by atoms with van der Waals surface area (Å²) in [5.74, 6) is -0.124. The molecule has 0 bridgehead atoms. The van der Waals surface area contributed by atoms with Crippen molar-refractivity contribution in [1.82, 2.24) is 5.32 Å². The number of nitrogens with two attached hydrogens (primary N) is 1. The van der Waals surface area contributed by atoms with Crippen molar-refractivity contribution in [3.05, 3.63) is 59.9 Å². The highest BCUT2D eigenvalue weighted by Crippen LogP contribution is 2.22. The summed E-state index contributed by atoms with van der Waals surface area (Å²) in [4.78, 5) is 4.06. The van der Waals surface area contributed by atoms with Gasteiger partial charge in [-0.3, -0.25) is 0 Å². The van der Waals surface area contributed by atoms with E-state index in [2.05, 4.69) is 15.0 Å². The first-order valence-electron chi connectivity index (χ1n) is 7.59. The normalized spacial score (nSPS) is 11.5. The van der Waals surface area contributed by atoms with E-state index in [4.69, 9.17) is 10.5 Å². The fourth-order valence-electron chi connectivity index (χ4n) is 1.93.